The lowest BCUT2D eigenvalue weighted by atomic mass is 9.80. The minimum atomic E-state index is -0.607. The third-order valence-corrected chi connectivity index (χ3v) is 9.52. The van der Waals surface area contributed by atoms with Gasteiger partial charge in [-0.1, -0.05) is 129 Å². The smallest absolute Gasteiger partial charge is 0.247 e. The standard InChI is InChI=1S/C31H58N2O2/c1-2-3-4-5-6-7-8-9-10-11-12-13-14-15-16-23-28-32-29(34)30(24-19-17-20-25-30)33(35)31(32)26-21-18-22-27-31/h35H,2-28H2,1H3. The quantitative estimate of drug-likeness (QED) is 0.207. The van der Waals surface area contributed by atoms with Crippen LogP contribution in [0, 0.1) is 0 Å². The second kappa shape index (κ2) is 15.6. The molecular weight excluding hydrogens is 432 g/mol. The summed E-state index contributed by atoms with van der Waals surface area (Å²) in [5, 5.41) is 13.0. The normalized spacial score (nSPS) is 22.0. The van der Waals surface area contributed by atoms with Crippen LogP contribution in [0.1, 0.15) is 174 Å². The topological polar surface area (TPSA) is 43.8 Å². The van der Waals surface area contributed by atoms with Crippen molar-refractivity contribution < 1.29 is 10.0 Å². The zero-order valence-electron chi connectivity index (χ0n) is 23.3. The van der Waals surface area contributed by atoms with Crippen LogP contribution in [0.5, 0.6) is 0 Å². The van der Waals surface area contributed by atoms with Gasteiger partial charge < -0.3 is 10.1 Å². The van der Waals surface area contributed by atoms with E-state index in [1.54, 1.807) is 5.06 Å². The number of nitrogens with zero attached hydrogens (tertiary/aromatic N) is 2. The molecular formula is C31H58N2O2. The van der Waals surface area contributed by atoms with E-state index in [1.807, 2.05) is 0 Å². The van der Waals surface area contributed by atoms with Gasteiger partial charge in [0.2, 0.25) is 5.91 Å². The van der Waals surface area contributed by atoms with E-state index in [2.05, 4.69) is 11.8 Å². The molecule has 0 aromatic heterocycles. The van der Waals surface area contributed by atoms with Crippen LogP contribution in [0.2, 0.25) is 0 Å². The molecule has 0 atom stereocenters. The van der Waals surface area contributed by atoms with Gasteiger partial charge in [-0.3, -0.25) is 4.79 Å². The molecule has 0 aromatic rings. The summed E-state index contributed by atoms with van der Waals surface area (Å²) in [6, 6.07) is 0. The molecule has 35 heavy (non-hydrogen) atoms. The van der Waals surface area contributed by atoms with Gasteiger partial charge in [0.25, 0.3) is 0 Å². The molecule has 4 nitrogen and oxygen atoms in total. The Hall–Kier alpha value is -0.610. The maximum absolute atomic E-state index is 13.7. The van der Waals surface area contributed by atoms with E-state index >= 15 is 0 Å². The molecule has 0 unspecified atom stereocenters. The first kappa shape index (κ1) is 29.0. The van der Waals surface area contributed by atoms with Crippen LogP contribution >= 0.6 is 0 Å². The predicted molar refractivity (Wildman–Crippen MR) is 147 cm³/mol. The summed E-state index contributed by atoms with van der Waals surface area (Å²) in [6.45, 7) is 3.13. The van der Waals surface area contributed by atoms with Gasteiger partial charge >= 0.3 is 0 Å². The Balaban J connectivity index is 1.26. The van der Waals surface area contributed by atoms with Crippen molar-refractivity contribution in [2.45, 2.75) is 185 Å². The van der Waals surface area contributed by atoms with Gasteiger partial charge in [-0.25, -0.2) is 0 Å². The molecule has 3 aliphatic rings. The van der Waals surface area contributed by atoms with Crippen molar-refractivity contribution in [1.29, 1.82) is 0 Å². The van der Waals surface area contributed by atoms with Crippen molar-refractivity contribution in [1.82, 2.24) is 9.96 Å². The average Bonchev–Trinajstić information content (AvgIpc) is 3.04. The third kappa shape index (κ3) is 7.69. The highest BCUT2D eigenvalue weighted by Crippen LogP contribution is 2.50. The van der Waals surface area contributed by atoms with Crippen molar-refractivity contribution in [3.63, 3.8) is 0 Å². The van der Waals surface area contributed by atoms with Gasteiger partial charge in [-0.15, -0.1) is 0 Å². The number of hydrogen-bond donors (Lipinski definition) is 1. The van der Waals surface area contributed by atoms with E-state index in [9.17, 15) is 10.0 Å². The number of carbonyl (C=O) groups excluding carboxylic acids is 1. The van der Waals surface area contributed by atoms with E-state index in [1.165, 1.54) is 109 Å². The van der Waals surface area contributed by atoms with Crippen molar-refractivity contribution in [3.05, 3.63) is 0 Å². The third-order valence-electron chi connectivity index (χ3n) is 9.52. The average molecular weight is 491 g/mol. The Morgan fingerprint density at radius 1 is 0.600 bits per heavy atom. The van der Waals surface area contributed by atoms with Crippen LogP contribution in [-0.2, 0) is 4.79 Å². The molecule has 0 bridgehead atoms. The Labute approximate surface area is 217 Å². The first-order valence-electron chi connectivity index (χ1n) is 16.0. The minimum absolute atomic E-state index is 0.252. The van der Waals surface area contributed by atoms with Gasteiger partial charge in [0.15, 0.2) is 0 Å². The van der Waals surface area contributed by atoms with Gasteiger partial charge in [0, 0.05) is 6.54 Å². The maximum atomic E-state index is 13.7. The SMILES string of the molecule is CCCCCCCCCCCCCCCCCCN1C(=O)C2(CCCCC2)N(O)C12CCCCC2. The fraction of sp³-hybridized carbons (Fsp3) is 0.968. The summed E-state index contributed by atoms with van der Waals surface area (Å²) >= 11 is 0. The molecule has 2 saturated carbocycles. The Kier molecular flexibility index (Phi) is 12.9. The van der Waals surface area contributed by atoms with Gasteiger partial charge in [0.05, 0.1) is 0 Å². The fourth-order valence-electron chi connectivity index (χ4n) is 7.33. The Morgan fingerprint density at radius 3 is 1.46 bits per heavy atom. The molecule has 1 amide bonds. The van der Waals surface area contributed by atoms with Crippen LogP contribution in [0.25, 0.3) is 0 Å². The summed E-state index contributed by atoms with van der Waals surface area (Å²) in [5.74, 6) is 0.252. The molecule has 3 rings (SSSR count). The van der Waals surface area contributed by atoms with Crippen LogP contribution in [0.15, 0.2) is 0 Å². The highest BCUT2D eigenvalue weighted by Gasteiger charge is 2.64. The molecule has 2 aliphatic carbocycles. The van der Waals surface area contributed by atoms with E-state index in [-0.39, 0.29) is 5.91 Å². The molecule has 4 heteroatoms. The summed E-state index contributed by atoms with van der Waals surface area (Å²) in [7, 11) is 0. The van der Waals surface area contributed by atoms with Crippen molar-refractivity contribution in [2.24, 2.45) is 0 Å². The molecule has 3 fully saturated rings. The van der Waals surface area contributed by atoms with Gasteiger partial charge in [0.1, 0.15) is 11.2 Å². The summed E-state index contributed by atoms with van der Waals surface area (Å²) in [6.07, 6.45) is 32.4. The van der Waals surface area contributed by atoms with Crippen LogP contribution < -0.4 is 0 Å². The number of carbonyl (C=O) groups is 1. The monoisotopic (exact) mass is 490 g/mol. The second-order valence-corrected chi connectivity index (χ2v) is 12.2. The van der Waals surface area contributed by atoms with E-state index in [4.69, 9.17) is 0 Å². The van der Waals surface area contributed by atoms with E-state index in [0.29, 0.717) is 0 Å². The lowest BCUT2D eigenvalue weighted by molar-refractivity contribution is -0.245. The molecule has 1 saturated heterocycles. The second-order valence-electron chi connectivity index (χ2n) is 12.2. The number of amides is 1. The van der Waals surface area contributed by atoms with Gasteiger partial charge in [-0.2, -0.15) is 5.06 Å². The Bertz CT molecular complexity index is 581. The highest BCUT2D eigenvalue weighted by molar-refractivity contribution is 5.89. The van der Waals surface area contributed by atoms with Crippen molar-refractivity contribution in [3.8, 4) is 0 Å². The molecule has 0 aromatic carbocycles. The van der Waals surface area contributed by atoms with Crippen LogP contribution in [0.3, 0.4) is 0 Å². The van der Waals surface area contributed by atoms with Crippen LogP contribution in [-0.4, -0.2) is 38.8 Å². The number of hydrogen-bond acceptors (Lipinski definition) is 3. The molecule has 1 aliphatic heterocycles. The van der Waals surface area contributed by atoms with Gasteiger partial charge in [-0.05, 0) is 44.9 Å². The highest BCUT2D eigenvalue weighted by atomic mass is 16.5. The first-order chi connectivity index (χ1) is 17.2. The lowest BCUT2D eigenvalue weighted by Crippen LogP contribution is -2.57. The van der Waals surface area contributed by atoms with Crippen molar-refractivity contribution >= 4 is 5.91 Å². The summed E-state index contributed by atoms with van der Waals surface area (Å²) in [5.41, 5.74) is -1.01. The van der Waals surface area contributed by atoms with E-state index in [0.717, 1.165) is 64.3 Å². The maximum Gasteiger partial charge on any atom is 0.247 e. The first-order valence-corrected chi connectivity index (χ1v) is 16.0. The number of rotatable bonds is 17. The van der Waals surface area contributed by atoms with E-state index < -0.39 is 11.2 Å². The largest absolute Gasteiger partial charge is 0.320 e. The summed E-state index contributed by atoms with van der Waals surface area (Å²) in [4.78, 5) is 15.8. The number of hydroxylamine groups is 2. The zero-order chi connectivity index (χ0) is 24.8. The Morgan fingerprint density at radius 2 is 1.00 bits per heavy atom. The number of unbranched alkanes of at least 4 members (excludes halogenated alkanes) is 15. The van der Waals surface area contributed by atoms with Crippen molar-refractivity contribution in [2.75, 3.05) is 6.54 Å². The predicted octanol–water partition coefficient (Wildman–Crippen LogP) is 9.14. The van der Waals surface area contributed by atoms with Crippen LogP contribution in [0.4, 0.5) is 0 Å². The molecule has 0 radical (unpaired) electrons. The molecule has 1 heterocycles. The molecule has 2 spiro atoms. The fourth-order valence-corrected chi connectivity index (χ4v) is 7.33. The molecule has 1 N–H and O–H groups in total. The molecule has 204 valence electrons. The summed E-state index contributed by atoms with van der Waals surface area (Å²) < 4.78 is 0. The zero-order valence-corrected chi connectivity index (χ0v) is 23.3. The minimum Gasteiger partial charge on any atom is -0.320 e. The lowest BCUT2D eigenvalue weighted by Gasteiger charge is -2.46.